The fraction of sp³-hybridized carbons (Fsp3) is 0.438. The second-order valence-corrected chi connectivity index (χ2v) is 6.91. The zero-order valence-electron chi connectivity index (χ0n) is 12.2. The normalized spacial score (nSPS) is 27.7. The van der Waals surface area contributed by atoms with E-state index in [4.69, 9.17) is 4.74 Å². The van der Waals surface area contributed by atoms with E-state index in [9.17, 15) is 4.39 Å². The lowest BCUT2D eigenvalue weighted by Crippen LogP contribution is -2.33. The van der Waals surface area contributed by atoms with Gasteiger partial charge in [-0.3, -0.25) is 0 Å². The van der Waals surface area contributed by atoms with Crippen LogP contribution in [0.4, 0.5) is 15.2 Å². The maximum Gasteiger partial charge on any atom is 0.185 e. The van der Waals surface area contributed by atoms with Gasteiger partial charge in [0.1, 0.15) is 5.82 Å². The van der Waals surface area contributed by atoms with Crippen LogP contribution in [0.25, 0.3) is 0 Å². The highest BCUT2D eigenvalue weighted by Gasteiger charge is 2.46. The van der Waals surface area contributed by atoms with Gasteiger partial charge in [-0.25, -0.2) is 9.37 Å². The molecule has 1 aromatic carbocycles. The van der Waals surface area contributed by atoms with E-state index in [-0.39, 0.29) is 17.5 Å². The highest BCUT2D eigenvalue weighted by molar-refractivity contribution is 7.13. The molecule has 3 heterocycles. The van der Waals surface area contributed by atoms with Crippen molar-refractivity contribution in [3.63, 3.8) is 0 Å². The summed E-state index contributed by atoms with van der Waals surface area (Å²) < 4.78 is 19.4. The minimum absolute atomic E-state index is 0.0866. The van der Waals surface area contributed by atoms with Crippen molar-refractivity contribution < 1.29 is 9.13 Å². The lowest BCUT2D eigenvalue weighted by Gasteiger charge is -2.23. The van der Waals surface area contributed by atoms with Gasteiger partial charge in [-0.15, -0.1) is 11.3 Å². The molecule has 2 atom stereocenters. The van der Waals surface area contributed by atoms with Crippen molar-refractivity contribution in [3.8, 4) is 0 Å². The van der Waals surface area contributed by atoms with Crippen molar-refractivity contribution in [2.24, 2.45) is 0 Å². The predicted molar refractivity (Wildman–Crippen MR) is 86.1 cm³/mol. The van der Waals surface area contributed by atoms with E-state index >= 15 is 0 Å². The fourth-order valence-corrected chi connectivity index (χ4v) is 4.09. The zero-order chi connectivity index (χ0) is 15.0. The molecule has 2 aliphatic rings. The zero-order valence-corrected chi connectivity index (χ0v) is 13.0. The highest BCUT2D eigenvalue weighted by atomic mass is 32.1. The molecule has 2 aliphatic heterocycles. The molecule has 2 saturated heterocycles. The van der Waals surface area contributed by atoms with Gasteiger partial charge in [-0.05, 0) is 24.6 Å². The molecule has 1 spiro atoms. The van der Waals surface area contributed by atoms with Crippen LogP contribution in [0, 0.1) is 5.82 Å². The third-order valence-corrected chi connectivity index (χ3v) is 5.24. The molecule has 2 aromatic rings. The van der Waals surface area contributed by atoms with Crippen LogP contribution < -0.4 is 10.2 Å². The van der Waals surface area contributed by atoms with E-state index < -0.39 is 0 Å². The summed E-state index contributed by atoms with van der Waals surface area (Å²) in [6.07, 6.45) is 3.81. The van der Waals surface area contributed by atoms with Crippen LogP contribution in [-0.2, 0) is 4.74 Å². The summed E-state index contributed by atoms with van der Waals surface area (Å²) in [4.78, 5) is 6.68. The van der Waals surface area contributed by atoms with Crippen LogP contribution in [-0.4, -0.2) is 36.3 Å². The lowest BCUT2D eigenvalue weighted by molar-refractivity contribution is 0.0229. The predicted octanol–water partition coefficient (Wildman–Crippen LogP) is 3.13. The first-order valence-electron chi connectivity index (χ1n) is 7.53. The van der Waals surface area contributed by atoms with Crippen molar-refractivity contribution in [3.05, 3.63) is 41.7 Å². The summed E-state index contributed by atoms with van der Waals surface area (Å²) in [6, 6.07) is 6.84. The summed E-state index contributed by atoms with van der Waals surface area (Å²) in [5.74, 6) is -0.213. The Morgan fingerprint density at radius 1 is 1.45 bits per heavy atom. The Bertz CT molecular complexity index is 651. The van der Waals surface area contributed by atoms with Crippen molar-refractivity contribution in [2.75, 3.05) is 29.9 Å². The molecule has 0 saturated carbocycles. The number of anilines is 2. The second-order valence-electron chi connectivity index (χ2n) is 6.04. The average molecular weight is 319 g/mol. The molecule has 2 unspecified atom stereocenters. The Hall–Kier alpha value is -1.66. The molecule has 2 fully saturated rings. The van der Waals surface area contributed by atoms with E-state index in [1.807, 2.05) is 17.6 Å². The number of benzene rings is 1. The second kappa shape index (κ2) is 5.52. The van der Waals surface area contributed by atoms with Gasteiger partial charge >= 0.3 is 0 Å². The molecule has 0 radical (unpaired) electrons. The number of halogens is 1. The van der Waals surface area contributed by atoms with Gasteiger partial charge in [0.25, 0.3) is 0 Å². The number of nitrogens with one attached hydrogen (secondary N) is 1. The number of ether oxygens (including phenoxy) is 1. The molecule has 1 aromatic heterocycles. The van der Waals surface area contributed by atoms with Gasteiger partial charge in [0, 0.05) is 36.8 Å². The fourth-order valence-electron chi connectivity index (χ4n) is 3.42. The summed E-state index contributed by atoms with van der Waals surface area (Å²) in [5.41, 5.74) is 0.733. The quantitative estimate of drug-likeness (QED) is 0.943. The summed E-state index contributed by atoms with van der Waals surface area (Å²) in [5, 5.41) is 6.46. The topological polar surface area (TPSA) is 37.4 Å². The molecule has 22 heavy (non-hydrogen) atoms. The molecule has 0 amide bonds. The summed E-state index contributed by atoms with van der Waals surface area (Å²) in [7, 11) is 0. The number of hydrogen-bond donors (Lipinski definition) is 1. The number of thiazole rings is 1. The number of hydrogen-bond acceptors (Lipinski definition) is 5. The number of rotatable bonds is 3. The SMILES string of the molecule is Fc1cccc(NC2COC3(CCN(c4nccs4)C3)C2)c1. The van der Waals surface area contributed by atoms with Crippen molar-refractivity contribution in [1.29, 1.82) is 0 Å². The van der Waals surface area contributed by atoms with Gasteiger partial charge in [0.15, 0.2) is 5.13 Å². The Morgan fingerprint density at radius 3 is 3.23 bits per heavy atom. The molecule has 6 heteroatoms. The van der Waals surface area contributed by atoms with E-state index in [2.05, 4.69) is 15.2 Å². The van der Waals surface area contributed by atoms with Crippen LogP contribution in [0.1, 0.15) is 12.8 Å². The minimum atomic E-state index is -0.213. The van der Waals surface area contributed by atoms with Crippen LogP contribution in [0.3, 0.4) is 0 Å². The van der Waals surface area contributed by atoms with Gasteiger partial charge in [0.05, 0.1) is 18.2 Å². The van der Waals surface area contributed by atoms with Crippen molar-refractivity contribution >= 4 is 22.2 Å². The third-order valence-electron chi connectivity index (χ3n) is 4.41. The molecule has 4 nitrogen and oxygen atoms in total. The molecule has 116 valence electrons. The Labute approximate surface area is 132 Å². The smallest absolute Gasteiger partial charge is 0.185 e. The van der Waals surface area contributed by atoms with E-state index in [1.54, 1.807) is 17.4 Å². The summed E-state index contributed by atoms with van der Waals surface area (Å²) >= 11 is 1.67. The molecule has 0 bridgehead atoms. The molecule has 4 rings (SSSR count). The molecule has 1 N–H and O–H groups in total. The van der Waals surface area contributed by atoms with Crippen LogP contribution in [0.15, 0.2) is 35.8 Å². The first-order valence-corrected chi connectivity index (χ1v) is 8.41. The standard InChI is InChI=1S/C16H18FN3OS/c17-12-2-1-3-13(8-12)19-14-9-16(21-10-14)4-6-20(11-16)15-18-5-7-22-15/h1-3,5,7-8,14,19H,4,6,9-11H2. The van der Waals surface area contributed by atoms with E-state index in [0.717, 1.165) is 36.8 Å². The van der Waals surface area contributed by atoms with Gasteiger partial charge in [0.2, 0.25) is 0 Å². The Morgan fingerprint density at radius 2 is 2.41 bits per heavy atom. The number of nitrogens with zero attached hydrogens (tertiary/aromatic N) is 2. The molecular formula is C16H18FN3OS. The van der Waals surface area contributed by atoms with Gasteiger partial charge < -0.3 is 15.0 Å². The molecule has 0 aliphatic carbocycles. The van der Waals surface area contributed by atoms with Crippen LogP contribution in [0.5, 0.6) is 0 Å². The maximum absolute atomic E-state index is 13.3. The van der Waals surface area contributed by atoms with Gasteiger partial charge in [-0.1, -0.05) is 6.07 Å². The lowest BCUT2D eigenvalue weighted by atomic mass is 9.97. The first-order chi connectivity index (χ1) is 10.7. The first kappa shape index (κ1) is 14.0. The largest absolute Gasteiger partial charge is 0.380 e. The van der Waals surface area contributed by atoms with E-state index in [0.29, 0.717) is 6.61 Å². The highest BCUT2D eigenvalue weighted by Crippen LogP contribution is 2.38. The van der Waals surface area contributed by atoms with Crippen LogP contribution >= 0.6 is 11.3 Å². The van der Waals surface area contributed by atoms with Crippen LogP contribution in [0.2, 0.25) is 0 Å². The summed E-state index contributed by atoms with van der Waals surface area (Å²) in [6.45, 7) is 2.55. The number of aromatic nitrogens is 1. The maximum atomic E-state index is 13.3. The Balaban J connectivity index is 1.40. The van der Waals surface area contributed by atoms with Gasteiger partial charge in [-0.2, -0.15) is 0 Å². The molecular weight excluding hydrogens is 301 g/mol. The van der Waals surface area contributed by atoms with Crippen molar-refractivity contribution in [2.45, 2.75) is 24.5 Å². The minimum Gasteiger partial charge on any atom is -0.380 e. The average Bonchev–Trinajstić information content (AvgIpc) is 3.22. The van der Waals surface area contributed by atoms with E-state index in [1.165, 1.54) is 12.1 Å². The monoisotopic (exact) mass is 319 g/mol. The third kappa shape index (κ3) is 2.68. The van der Waals surface area contributed by atoms with Crippen molar-refractivity contribution in [1.82, 2.24) is 4.98 Å². The Kier molecular flexibility index (Phi) is 3.50.